The summed E-state index contributed by atoms with van der Waals surface area (Å²) in [7, 11) is 0. The minimum absolute atomic E-state index is 0. The van der Waals surface area contributed by atoms with Crippen LogP contribution in [0.5, 0.6) is 0 Å². The van der Waals surface area contributed by atoms with Gasteiger partial charge in [-0.25, -0.2) is 0 Å². The first-order valence-corrected chi connectivity index (χ1v) is 5.65. The van der Waals surface area contributed by atoms with Crippen molar-refractivity contribution in [2.45, 2.75) is 0 Å². The van der Waals surface area contributed by atoms with Crippen molar-refractivity contribution in [3.8, 4) is 0 Å². The molecule has 0 amide bonds. The Kier molecular flexibility index (Phi) is 110. The fourth-order valence-corrected chi connectivity index (χ4v) is 0. The van der Waals surface area contributed by atoms with E-state index in [1.54, 1.807) is 0 Å². The molecular formula is H11CsN10O30. The molecule has 0 aromatic carbocycles. The second kappa shape index (κ2) is 64.3. The van der Waals surface area contributed by atoms with Crippen molar-refractivity contribution in [2.24, 2.45) is 0 Å². The summed E-state index contributed by atoms with van der Waals surface area (Å²) in [5, 5.41) is 136. The van der Waals surface area contributed by atoms with Crippen LogP contribution in [0.4, 0.5) is 0 Å². The van der Waals surface area contributed by atoms with Gasteiger partial charge < -0.3 is 52.1 Å². The summed E-state index contributed by atoms with van der Waals surface area (Å²) in [6, 6.07) is 0. The standard InChI is InChI=1S/Cs.10HNO3.H/c;10*2-1(3)4;/h;10*(H,2,3,4);. The molecule has 0 bridgehead atoms. The van der Waals surface area contributed by atoms with Crippen LogP contribution in [-0.2, 0) is 0 Å². The Hall–Kier alpha value is -5.95. The first-order valence-electron chi connectivity index (χ1n) is 5.65. The Morgan fingerprint density at radius 2 is 0.220 bits per heavy atom. The first-order chi connectivity index (χ1) is 17.3. The van der Waals surface area contributed by atoms with Crippen LogP contribution in [0.25, 0.3) is 0 Å². The van der Waals surface area contributed by atoms with Crippen molar-refractivity contribution < 1.29 is 103 Å². The van der Waals surface area contributed by atoms with E-state index < -0.39 is 50.9 Å². The summed E-state index contributed by atoms with van der Waals surface area (Å²) in [4.78, 5) is 83.6. The zero-order valence-corrected chi connectivity index (χ0v) is 17.1. The summed E-state index contributed by atoms with van der Waals surface area (Å²) in [6.07, 6.45) is 0. The predicted octanol–water partition coefficient (Wildman–Crippen LogP) is -4.13. The van der Waals surface area contributed by atoms with Gasteiger partial charge in [0, 0.05) is 0 Å². The molecule has 40 nitrogen and oxygen atoms in total. The van der Waals surface area contributed by atoms with Gasteiger partial charge in [-0.05, 0) is 0 Å². The van der Waals surface area contributed by atoms with Gasteiger partial charge in [-0.15, -0.1) is 101 Å². The van der Waals surface area contributed by atoms with E-state index in [1.807, 2.05) is 0 Å². The van der Waals surface area contributed by atoms with E-state index >= 15 is 0 Å². The molecule has 41 heavy (non-hydrogen) atoms. The first kappa shape index (κ1) is 70.3. The summed E-state index contributed by atoms with van der Waals surface area (Å²) in [5.41, 5.74) is 0. The molecule has 0 saturated carbocycles. The Morgan fingerprint density at radius 1 is 0.220 bits per heavy atom. The van der Waals surface area contributed by atoms with Crippen LogP contribution < -0.4 is 0 Å². The molecule has 0 aliphatic rings. The Balaban J connectivity index is -0.0000000270. The molecule has 0 heterocycles. The molecule has 0 radical (unpaired) electrons. The Morgan fingerprint density at radius 3 is 0.220 bits per heavy atom. The van der Waals surface area contributed by atoms with Crippen LogP contribution in [0, 0.1) is 101 Å². The third-order valence-electron chi connectivity index (χ3n) is 0. The summed E-state index contributed by atoms with van der Waals surface area (Å²) in [6.45, 7) is 0. The average Bonchev–Trinajstić information content (AvgIpc) is 2.47. The molecule has 0 aliphatic carbocycles. The average molecular weight is 764 g/mol. The van der Waals surface area contributed by atoms with Crippen LogP contribution in [-0.4, -0.2) is 172 Å². The van der Waals surface area contributed by atoms with Crippen LogP contribution >= 0.6 is 0 Å². The maximum absolute atomic E-state index is 8.36. The van der Waals surface area contributed by atoms with E-state index in [0.717, 1.165) is 0 Å². The van der Waals surface area contributed by atoms with Crippen LogP contribution in [0.1, 0.15) is 0 Å². The van der Waals surface area contributed by atoms with Gasteiger partial charge in [0.05, 0.1) is 0 Å². The fraction of sp³-hybridized carbons (Fsp3) is 0. The van der Waals surface area contributed by atoms with E-state index in [-0.39, 0.29) is 68.9 Å². The summed E-state index contributed by atoms with van der Waals surface area (Å²) in [5.74, 6) is 0. The molecule has 0 spiro atoms. The number of hydrogen-bond donors (Lipinski definition) is 10. The van der Waals surface area contributed by atoms with Crippen molar-refractivity contribution >= 4 is 68.9 Å². The van der Waals surface area contributed by atoms with Gasteiger partial charge >= 0.3 is 68.9 Å². The normalized spacial score (nSPS) is 5.85. The number of nitrogens with zero attached hydrogens (tertiary/aromatic N) is 10. The topological polar surface area (TPSA) is 634 Å². The SMILES string of the molecule is O=[N+]([O-])O.O=[N+]([O-])O.O=[N+]([O-])O.O=[N+]([O-])O.O=[N+]([O-])O.O=[N+]([O-])O.O=[N+]([O-])O.O=[N+]([O-])O.O=[N+]([O-])O.O=[N+]([O-])O.[CsH]. The van der Waals surface area contributed by atoms with Crippen molar-refractivity contribution in [1.29, 1.82) is 0 Å². The van der Waals surface area contributed by atoms with E-state index in [0.29, 0.717) is 0 Å². The van der Waals surface area contributed by atoms with E-state index in [2.05, 4.69) is 0 Å². The van der Waals surface area contributed by atoms with Crippen molar-refractivity contribution in [2.75, 3.05) is 0 Å². The molecule has 0 aliphatic heterocycles. The number of rotatable bonds is 0. The molecular weight excluding hydrogens is 753 g/mol. The second-order valence-corrected chi connectivity index (χ2v) is 2.38. The van der Waals surface area contributed by atoms with E-state index in [1.165, 1.54) is 0 Å². The molecule has 0 fully saturated rings. The van der Waals surface area contributed by atoms with Crippen LogP contribution in [0.15, 0.2) is 0 Å². The molecule has 10 N–H and O–H groups in total. The molecule has 41 heteroatoms. The zero-order chi connectivity index (χ0) is 35.8. The number of hydrogen-bond acceptors (Lipinski definition) is 20. The van der Waals surface area contributed by atoms with Gasteiger partial charge in [-0.3, -0.25) is 0 Å². The van der Waals surface area contributed by atoms with Crippen molar-refractivity contribution in [3.05, 3.63) is 101 Å². The summed E-state index contributed by atoms with van der Waals surface area (Å²) < 4.78 is 0. The van der Waals surface area contributed by atoms with E-state index in [9.17, 15) is 0 Å². The van der Waals surface area contributed by atoms with Crippen LogP contribution in [0.2, 0.25) is 0 Å². The third kappa shape index (κ3) is 989. The van der Waals surface area contributed by atoms with Gasteiger partial charge in [0.2, 0.25) is 0 Å². The monoisotopic (exact) mass is 764 g/mol. The second-order valence-electron chi connectivity index (χ2n) is 2.38. The van der Waals surface area contributed by atoms with Gasteiger partial charge in [0.25, 0.3) is 50.9 Å². The van der Waals surface area contributed by atoms with Crippen molar-refractivity contribution in [1.82, 2.24) is 0 Å². The molecule has 0 aromatic rings. The zero-order valence-electron chi connectivity index (χ0n) is 17.1. The molecule has 0 rings (SSSR count). The predicted molar refractivity (Wildman–Crippen MR) is 95.0 cm³/mol. The van der Waals surface area contributed by atoms with Gasteiger partial charge in [0.1, 0.15) is 0 Å². The summed E-state index contributed by atoms with van der Waals surface area (Å²) >= 11 is 0. The third-order valence-corrected chi connectivity index (χ3v) is 0. The Labute approximate surface area is 271 Å². The molecule has 0 saturated heterocycles. The van der Waals surface area contributed by atoms with Gasteiger partial charge in [-0.2, -0.15) is 0 Å². The molecule has 0 aromatic heterocycles. The Bertz CT molecular complexity index is 469. The molecule has 242 valence electrons. The van der Waals surface area contributed by atoms with E-state index in [4.69, 9.17) is 153 Å². The minimum atomic E-state index is -1.50. The van der Waals surface area contributed by atoms with Gasteiger partial charge in [-0.1, -0.05) is 0 Å². The quantitative estimate of drug-likeness (QED) is 0.0827. The maximum atomic E-state index is 8.36. The fourth-order valence-electron chi connectivity index (χ4n) is 0. The van der Waals surface area contributed by atoms with Crippen LogP contribution in [0.3, 0.4) is 0 Å². The van der Waals surface area contributed by atoms with Gasteiger partial charge in [0.15, 0.2) is 0 Å². The van der Waals surface area contributed by atoms with Crippen molar-refractivity contribution in [3.63, 3.8) is 0 Å². The molecule has 0 atom stereocenters. The molecule has 0 unspecified atom stereocenters.